The Kier molecular flexibility index (Phi) is 5.55. The molecule has 5 heteroatoms. The molecule has 1 fully saturated rings. The first-order valence-corrected chi connectivity index (χ1v) is 10.6. The molecule has 152 valence electrons. The van der Waals surface area contributed by atoms with Gasteiger partial charge < -0.3 is 4.42 Å². The summed E-state index contributed by atoms with van der Waals surface area (Å²) in [5, 5.41) is 11.2. The van der Waals surface area contributed by atoms with Crippen molar-refractivity contribution in [3.8, 4) is 0 Å². The van der Waals surface area contributed by atoms with Gasteiger partial charge in [0.1, 0.15) is 0 Å². The van der Waals surface area contributed by atoms with Crippen LogP contribution in [0.25, 0.3) is 10.8 Å². The molecule has 4 aromatic rings. The lowest BCUT2D eigenvalue weighted by molar-refractivity contribution is 0.114. The average Bonchev–Trinajstić information content (AvgIpc) is 3.23. The zero-order valence-corrected chi connectivity index (χ0v) is 17.1. The second-order valence-electron chi connectivity index (χ2n) is 7.94. The Morgan fingerprint density at radius 2 is 1.33 bits per heavy atom. The Morgan fingerprint density at radius 3 is 2.17 bits per heavy atom. The first-order chi connectivity index (χ1) is 14.8. The number of piperazine rings is 1. The summed E-state index contributed by atoms with van der Waals surface area (Å²) in [5.41, 5.74) is 2.60. The lowest BCUT2D eigenvalue weighted by atomic mass is 10.0. The molecule has 5 rings (SSSR count). The molecule has 0 unspecified atom stereocenters. The number of benzene rings is 3. The molecule has 0 bridgehead atoms. The van der Waals surface area contributed by atoms with Crippen LogP contribution < -0.4 is 0 Å². The van der Waals surface area contributed by atoms with E-state index in [9.17, 15) is 0 Å². The first-order valence-electron chi connectivity index (χ1n) is 10.6. The van der Waals surface area contributed by atoms with Crippen LogP contribution in [0.3, 0.4) is 0 Å². The van der Waals surface area contributed by atoms with Crippen LogP contribution in [0.1, 0.15) is 22.9 Å². The third-order valence-corrected chi connectivity index (χ3v) is 5.80. The summed E-state index contributed by atoms with van der Waals surface area (Å²) in [6.07, 6.45) is 0.687. The van der Waals surface area contributed by atoms with Gasteiger partial charge in [-0.1, -0.05) is 72.8 Å². The summed E-state index contributed by atoms with van der Waals surface area (Å²) in [5.74, 6) is 1.40. The standard InChI is InChI=1S/C25H26N4O/c1-2-7-20(8-3-1)17-24-26-27-25(30-24)19-29-15-13-28(14-16-29)18-22-11-6-10-21-9-4-5-12-23(21)22/h1-12H,13-19H2. The van der Waals surface area contributed by atoms with Crippen LogP contribution >= 0.6 is 0 Å². The molecule has 0 N–H and O–H groups in total. The number of hydrogen-bond acceptors (Lipinski definition) is 5. The van der Waals surface area contributed by atoms with Crippen molar-refractivity contribution in [1.29, 1.82) is 0 Å². The molecule has 3 aromatic carbocycles. The predicted octanol–water partition coefficient (Wildman–Crippen LogP) is 4.13. The largest absolute Gasteiger partial charge is 0.424 e. The van der Waals surface area contributed by atoms with Crippen molar-refractivity contribution in [1.82, 2.24) is 20.0 Å². The Hall–Kier alpha value is -3.02. The smallest absolute Gasteiger partial charge is 0.230 e. The predicted molar refractivity (Wildman–Crippen MR) is 118 cm³/mol. The van der Waals surface area contributed by atoms with Crippen LogP contribution in [-0.2, 0) is 19.5 Å². The third-order valence-electron chi connectivity index (χ3n) is 5.80. The fraction of sp³-hybridized carbons (Fsp3) is 0.280. The van der Waals surface area contributed by atoms with Crippen molar-refractivity contribution < 1.29 is 4.42 Å². The van der Waals surface area contributed by atoms with E-state index in [2.05, 4.69) is 74.6 Å². The molecule has 2 heterocycles. The highest BCUT2D eigenvalue weighted by Crippen LogP contribution is 2.21. The maximum Gasteiger partial charge on any atom is 0.230 e. The Morgan fingerprint density at radius 1 is 0.667 bits per heavy atom. The Labute approximate surface area is 176 Å². The van der Waals surface area contributed by atoms with E-state index in [1.165, 1.54) is 21.9 Å². The van der Waals surface area contributed by atoms with E-state index >= 15 is 0 Å². The number of hydrogen-bond donors (Lipinski definition) is 0. The number of aromatic nitrogens is 2. The Bertz CT molecular complexity index is 1100. The molecule has 0 aliphatic carbocycles. The summed E-state index contributed by atoms with van der Waals surface area (Å²) in [6.45, 7) is 5.85. The van der Waals surface area contributed by atoms with Gasteiger partial charge in [-0.2, -0.15) is 0 Å². The van der Waals surface area contributed by atoms with Crippen molar-refractivity contribution in [3.05, 3.63) is 95.7 Å². The molecule has 0 amide bonds. The molecule has 0 saturated carbocycles. The van der Waals surface area contributed by atoms with Crippen LogP contribution in [-0.4, -0.2) is 46.2 Å². The van der Waals surface area contributed by atoms with Gasteiger partial charge in [-0.25, -0.2) is 0 Å². The van der Waals surface area contributed by atoms with Crippen molar-refractivity contribution in [2.24, 2.45) is 0 Å². The van der Waals surface area contributed by atoms with Gasteiger partial charge in [-0.05, 0) is 21.9 Å². The summed E-state index contributed by atoms with van der Waals surface area (Å²) in [4.78, 5) is 4.94. The summed E-state index contributed by atoms with van der Waals surface area (Å²) < 4.78 is 5.88. The van der Waals surface area contributed by atoms with Crippen molar-refractivity contribution in [3.63, 3.8) is 0 Å². The quantitative estimate of drug-likeness (QED) is 0.489. The van der Waals surface area contributed by atoms with E-state index in [1.54, 1.807) is 0 Å². The fourth-order valence-corrected chi connectivity index (χ4v) is 4.16. The molecular weight excluding hydrogens is 372 g/mol. The molecule has 0 radical (unpaired) electrons. The second-order valence-corrected chi connectivity index (χ2v) is 7.94. The molecule has 5 nitrogen and oxygen atoms in total. The topological polar surface area (TPSA) is 45.4 Å². The fourth-order valence-electron chi connectivity index (χ4n) is 4.16. The minimum Gasteiger partial charge on any atom is -0.424 e. The highest BCUT2D eigenvalue weighted by atomic mass is 16.4. The van der Waals surface area contributed by atoms with E-state index in [0.29, 0.717) is 18.2 Å². The SMILES string of the molecule is c1ccc(Cc2nnc(CN3CCN(Cc4cccc5ccccc45)CC3)o2)cc1. The Balaban J connectivity index is 1.15. The average molecular weight is 399 g/mol. The molecular formula is C25H26N4O. The van der Waals surface area contributed by atoms with Crippen LogP contribution in [0.15, 0.2) is 77.2 Å². The van der Waals surface area contributed by atoms with Crippen molar-refractivity contribution >= 4 is 10.8 Å². The van der Waals surface area contributed by atoms with Gasteiger partial charge >= 0.3 is 0 Å². The first kappa shape index (κ1) is 19.0. The zero-order valence-electron chi connectivity index (χ0n) is 17.1. The van der Waals surface area contributed by atoms with Crippen LogP contribution in [0.2, 0.25) is 0 Å². The van der Waals surface area contributed by atoms with Gasteiger partial charge in [0.25, 0.3) is 0 Å². The highest BCUT2D eigenvalue weighted by Gasteiger charge is 2.19. The van der Waals surface area contributed by atoms with Crippen LogP contribution in [0, 0.1) is 0 Å². The monoisotopic (exact) mass is 398 g/mol. The van der Waals surface area contributed by atoms with E-state index < -0.39 is 0 Å². The molecule has 0 spiro atoms. The van der Waals surface area contributed by atoms with Crippen molar-refractivity contribution in [2.75, 3.05) is 26.2 Å². The minimum absolute atomic E-state index is 0.686. The number of fused-ring (bicyclic) bond motifs is 1. The van der Waals surface area contributed by atoms with Gasteiger partial charge in [-0.3, -0.25) is 9.80 Å². The lowest BCUT2D eigenvalue weighted by Gasteiger charge is -2.34. The van der Waals surface area contributed by atoms with Crippen LogP contribution in [0.4, 0.5) is 0 Å². The third kappa shape index (κ3) is 4.42. The maximum absolute atomic E-state index is 5.88. The molecule has 1 aliphatic rings. The highest BCUT2D eigenvalue weighted by molar-refractivity contribution is 5.85. The molecule has 1 saturated heterocycles. The van der Waals surface area contributed by atoms with E-state index in [0.717, 1.165) is 39.3 Å². The number of nitrogens with zero attached hydrogens (tertiary/aromatic N) is 4. The van der Waals surface area contributed by atoms with E-state index in [-0.39, 0.29) is 0 Å². The zero-order chi connectivity index (χ0) is 20.2. The van der Waals surface area contributed by atoms with Crippen LogP contribution in [0.5, 0.6) is 0 Å². The van der Waals surface area contributed by atoms with Crippen molar-refractivity contribution in [2.45, 2.75) is 19.5 Å². The van der Waals surface area contributed by atoms with Gasteiger partial charge in [0, 0.05) is 32.7 Å². The second kappa shape index (κ2) is 8.78. The van der Waals surface area contributed by atoms with Gasteiger partial charge in [0.2, 0.25) is 11.8 Å². The normalized spacial score (nSPS) is 15.6. The summed E-state index contributed by atoms with van der Waals surface area (Å²) >= 11 is 0. The van der Waals surface area contributed by atoms with Gasteiger partial charge in [0.05, 0.1) is 13.0 Å². The summed E-state index contributed by atoms with van der Waals surface area (Å²) in [6, 6.07) is 25.5. The minimum atomic E-state index is 0.686. The number of rotatable bonds is 6. The van der Waals surface area contributed by atoms with E-state index in [1.807, 2.05) is 18.2 Å². The molecule has 1 aliphatic heterocycles. The van der Waals surface area contributed by atoms with Gasteiger partial charge in [0.15, 0.2) is 0 Å². The van der Waals surface area contributed by atoms with Gasteiger partial charge in [-0.15, -0.1) is 10.2 Å². The molecule has 0 atom stereocenters. The lowest BCUT2D eigenvalue weighted by Crippen LogP contribution is -2.45. The summed E-state index contributed by atoms with van der Waals surface area (Å²) in [7, 11) is 0. The molecule has 1 aromatic heterocycles. The molecule has 30 heavy (non-hydrogen) atoms. The maximum atomic E-state index is 5.88. The van der Waals surface area contributed by atoms with E-state index in [4.69, 9.17) is 4.42 Å².